The van der Waals surface area contributed by atoms with Gasteiger partial charge in [-0.15, -0.1) is 18.3 Å². The summed E-state index contributed by atoms with van der Waals surface area (Å²) in [7, 11) is 0. The Morgan fingerprint density at radius 1 is 1.35 bits per heavy atom. The molecule has 9 heteroatoms. The third-order valence-electron chi connectivity index (χ3n) is 7.32. The number of hydrogen-bond donors (Lipinski definition) is 2. The second-order valence-electron chi connectivity index (χ2n) is 9.82. The van der Waals surface area contributed by atoms with E-state index >= 15 is 0 Å². The molecule has 3 aliphatic heterocycles. The number of aliphatic hydroxyl groups is 1. The monoisotopic (exact) mass is 506 g/mol. The van der Waals surface area contributed by atoms with Crippen LogP contribution in [-0.2, 0) is 14.4 Å². The van der Waals surface area contributed by atoms with Crippen molar-refractivity contribution in [2.75, 3.05) is 18.1 Å². The number of fused-ring (bicyclic) bond motifs is 1. The number of halogens is 1. The van der Waals surface area contributed by atoms with E-state index in [-0.39, 0.29) is 36.1 Å². The standard InChI is InChI=1S/C25H31ClN2O5S/c1-4-11-27(16-7-5-15(26)6-8-16)23(31)21-25-10-9-18(34-25)19(24(32)33)20(25)22(30)28(21)17(13-29)12-14(2)3/h4-8,14,17-21,29H,1,9-13H2,2-3H3,(H,32,33)/t17-,18+,19-,20+,21?,25?/m1/s1. The highest BCUT2D eigenvalue weighted by Crippen LogP contribution is 2.66. The van der Waals surface area contributed by atoms with E-state index in [0.717, 1.165) is 0 Å². The minimum atomic E-state index is -0.990. The minimum absolute atomic E-state index is 0.179. The zero-order chi connectivity index (χ0) is 24.8. The van der Waals surface area contributed by atoms with Gasteiger partial charge in [-0.25, -0.2) is 0 Å². The molecule has 0 saturated carbocycles. The maximum atomic E-state index is 14.3. The Hall–Kier alpha value is -2.03. The molecule has 0 radical (unpaired) electrons. The van der Waals surface area contributed by atoms with Crippen LogP contribution >= 0.6 is 23.4 Å². The molecular weight excluding hydrogens is 476 g/mol. The smallest absolute Gasteiger partial charge is 0.308 e. The normalized spacial score (nSPS) is 30.5. The molecule has 1 aromatic rings. The summed E-state index contributed by atoms with van der Waals surface area (Å²) in [5.41, 5.74) is 0.623. The van der Waals surface area contributed by atoms with Crippen molar-refractivity contribution in [1.29, 1.82) is 0 Å². The van der Waals surface area contributed by atoms with E-state index in [0.29, 0.717) is 30.0 Å². The lowest BCUT2D eigenvalue weighted by Crippen LogP contribution is -2.57. The van der Waals surface area contributed by atoms with Crippen molar-refractivity contribution in [3.8, 4) is 0 Å². The van der Waals surface area contributed by atoms with Crippen LogP contribution in [0.15, 0.2) is 36.9 Å². The van der Waals surface area contributed by atoms with Gasteiger partial charge in [-0.2, -0.15) is 0 Å². The van der Waals surface area contributed by atoms with E-state index < -0.39 is 34.6 Å². The third-order valence-corrected chi connectivity index (χ3v) is 9.52. The predicted molar refractivity (Wildman–Crippen MR) is 133 cm³/mol. The Morgan fingerprint density at radius 3 is 2.59 bits per heavy atom. The molecule has 184 valence electrons. The molecule has 2 amide bonds. The number of anilines is 1. The van der Waals surface area contributed by atoms with Gasteiger partial charge in [0.25, 0.3) is 5.91 Å². The van der Waals surface area contributed by atoms with Crippen LogP contribution in [-0.4, -0.2) is 68.1 Å². The summed E-state index contributed by atoms with van der Waals surface area (Å²) in [5, 5.41) is 20.6. The highest BCUT2D eigenvalue weighted by molar-refractivity contribution is 8.02. The lowest BCUT2D eigenvalue weighted by Gasteiger charge is -2.40. The molecule has 1 spiro atoms. The number of thioether (sulfide) groups is 1. The fourth-order valence-electron chi connectivity index (χ4n) is 6.09. The summed E-state index contributed by atoms with van der Waals surface area (Å²) in [6.45, 7) is 7.74. The largest absolute Gasteiger partial charge is 0.481 e. The first-order chi connectivity index (χ1) is 16.2. The molecule has 3 heterocycles. The van der Waals surface area contributed by atoms with Crippen LogP contribution in [0.25, 0.3) is 0 Å². The predicted octanol–water partition coefficient (Wildman–Crippen LogP) is 3.44. The molecule has 2 N–H and O–H groups in total. The number of likely N-dealkylation sites (tertiary alicyclic amines) is 1. The van der Waals surface area contributed by atoms with E-state index in [2.05, 4.69) is 6.58 Å². The molecule has 2 bridgehead atoms. The highest BCUT2D eigenvalue weighted by Gasteiger charge is 2.74. The molecular formula is C25H31ClN2O5S. The van der Waals surface area contributed by atoms with E-state index in [9.17, 15) is 24.6 Å². The Labute approximate surface area is 209 Å². The average Bonchev–Trinajstić information content (AvgIpc) is 3.43. The van der Waals surface area contributed by atoms with E-state index in [1.807, 2.05) is 13.8 Å². The Bertz CT molecular complexity index is 986. The number of aliphatic carboxylic acids is 1. The van der Waals surface area contributed by atoms with Crippen LogP contribution in [0, 0.1) is 17.8 Å². The average molecular weight is 507 g/mol. The Kier molecular flexibility index (Phi) is 7.04. The van der Waals surface area contributed by atoms with Gasteiger partial charge in [0.15, 0.2) is 0 Å². The van der Waals surface area contributed by atoms with Crippen LogP contribution in [0.2, 0.25) is 5.02 Å². The maximum absolute atomic E-state index is 14.3. The van der Waals surface area contributed by atoms with Crippen molar-refractivity contribution in [2.24, 2.45) is 17.8 Å². The first-order valence-electron chi connectivity index (χ1n) is 11.7. The summed E-state index contributed by atoms with van der Waals surface area (Å²) in [5.74, 6) is -3.02. The van der Waals surface area contributed by atoms with Gasteiger partial charge in [0.1, 0.15) is 6.04 Å². The van der Waals surface area contributed by atoms with Gasteiger partial charge < -0.3 is 20.0 Å². The SMILES string of the molecule is C=CCN(C(=O)C1N([C@@H](CO)CC(C)C)C(=O)[C@@H]2[C@H](C(=O)O)[C@@H]3CCC12S3)c1ccc(Cl)cc1. The molecule has 6 atom stereocenters. The number of amides is 2. The summed E-state index contributed by atoms with van der Waals surface area (Å²) in [4.78, 5) is 43.5. The molecule has 0 aliphatic carbocycles. The van der Waals surface area contributed by atoms with Gasteiger partial charge in [-0.1, -0.05) is 31.5 Å². The van der Waals surface area contributed by atoms with Gasteiger partial charge in [-0.3, -0.25) is 14.4 Å². The number of benzene rings is 1. The third kappa shape index (κ3) is 3.93. The van der Waals surface area contributed by atoms with Crippen molar-refractivity contribution in [1.82, 2.24) is 4.90 Å². The van der Waals surface area contributed by atoms with Crippen LogP contribution in [0.3, 0.4) is 0 Å². The van der Waals surface area contributed by atoms with E-state index in [1.165, 1.54) is 16.7 Å². The number of rotatable bonds is 9. The van der Waals surface area contributed by atoms with Crippen molar-refractivity contribution in [3.63, 3.8) is 0 Å². The molecule has 1 aromatic carbocycles. The lowest BCUT2D eigenvalue weighted by atomic mass is 9.71. The molecule has 7 nitrogen and oxygen atoms in total. The number of carboxylic acid groups (broad SMARTS) is 1. The number of aliphatic hydroxyl groups excluding tert-OH is 1. The first-order valence-corrected chi connectivity index (χ1v) is 12.9. The molecule has 0 aromatic heterocycles. The van der Waals surface area contributed by atoms with E-state index in [4.69, 9.17) is 11.6 Å². The number of nitrogens with zero attached hydrogens (tertiary/aromatic N) is 2. The molecule has 34 heavy (non-hydrogen) atoms. The topological polar surface area (TPSA) is 98.2 Å². The van der Waals surface area contributed by atoms with Crippen molar-refractivity contribution in [3.05, 3.63) is 41.9 Å². The van der Waals surface area contributed by atoms with Crippen LogP contribution < -0.4 is 4.90 Å². The fourth-order valence-corrected chi connectivity index (χ4v) is 8.40. The van der Waals surface area contributed by atoms with Crippen molar-refractivity contribution in [2.45, 2.75) is 55.2 Å². The Balaban J connectivity index is 1.82. The van der Waals surface area contributed by atoms with Crippen LogP contribution in [0.1, 0.15) is 33.1 Å². The zero-order valence-electron chi connectivity index (χ0n) is 19.4. The summed E-state index contributed by atoms with van der Waals surface area (Å²) < 4.78 is -0.821. The number of hydrogen-bond acceptors (Lipinski definition) is 5. The van der Waals surface area contributed by atoms with Crippen LogP contribution in [0.4, 0.5) is 5.69 Å². The fraction of sp³-hybridized carbons (Fsp3) is 0.560. The minimum Gasteiger partial charge on any atom is -0.481 e. The maximum Gasteiger partial charge on any atom is 0.308 e. The molecule has 2 unspecified atom stereocenters. The van der Waals surface area contributed by atoms with Crippen molar-refractivity contribution < 1.29 is 24.6 Å². The van der Waals surface area contributed by atoms with Gasteiger partial charge in [0.05, 0.1) is 29.2 Å². The highest BCUT2D eigenvalue weighted by atomic mass is 35.5. The van der Waals surface area contributed by atoms with Crippen LogP contribution in [0.5, 0.6) is 0 Å². The Morgan fingerprint density at radius 2 is 2.03 bits per heavy atom. The van der Waals surface area contributed by atoms with Gasteiger partial charge in [0.2, 0.25) is 5.91 Å². The second kappa shape index (κ2) is 9.55. The second-order valence-corrected chi connectivity index (χ2v) is 11.9. The molecule has 3 aliphatic rings. The molecule has 3 saturated heterocycles. The van der Waals surface area contributed by atoms with Gasteiger partial charge in [-0.05, 0) is 49.4 Å². The van der Waals surface area contributed by atoms with Gasteiger partial charge >= 0.3 is 5.97 Å². The number of carboxylic acids is 1. The number of carbonyl (C=O) groups excluding carboxylic acids is 2. The quantitative estimate of drug-likeness (QED) is 0.498. The lowest BCUT2D eigenvalue weighted by molar-refractivity contribution is -0.149. The summed E-state index contributed by atoms with van der Waals surface area (Å²) in [6, 6.07) is 5.46. The number of carbonyl (C=O) groups is 3. The van der Waals surface area contributed by atoms with E-state index in [1.54, 1.807) is 35.2 Å². The summed E-state index contributed by atoms with van der Waals surface area (Å²) in [6.07, 6.45) is 3.39. The zero-order valence-corrected chi connectivity index (χ0v) is 21.0. The molecule has 3 fully saturated rings. The molecule has 4 rings (SSSR count). The van der Waals surface area contributed by atoms with Gasteiger partial charge in [0, 0.05) is 22.5 Å². The van der Waals surface area contributed by atoms with Crippen molar-refractivity contribution >= 4 is 46.8 Å². The first kappa shape index (κ1) is 25.1. The summed E-state index contributed by atoms with van der Waals surface area (Å²) >= 11 is 7.55.